The first kappa shape index (κ1) is 21.7. The van der Waals surface area contributed by atoms with Crippen LogP contribution in [0.3, 0.4) is 0 Å². The lowest BCUT2D eigenvalue weighted by molar-refractivity contribution is -0.139. The summed E-state index contributed by atoms with van der Waals surface area (Å²) in [4.78, 5) is 31.4. The molecule has 0 radical (unpaired) electrons. The van der Waals surface area contributed by atoms with Crippen LogP contribution in [0, 0.1) is 6.92 Å². The van der Waals surface area contributed by atoms with Gasteiger partial charge in [0.25, 0.3) is 5.56 Å². The number of carbonyl (C=O) groups excluding carboxylic acids is 1. The molecule has 6 heteroatoms. The summed E-state index contributed by atoms with van der Waals surface area (Å²) >= 11 is 1.32. The van der Waals surface area contributed by atoms with Crippen LogP contribution in [0.4, 0.5) is 0 Å². The van der Waals surface area contributed by atoms with Crippen LogP contribution in [0.1, 0.15) is 36.6 Å². The van der Waals surface area contributed by atoms with Gasteiger partial charge < -0.3 is 4.74 Å². The van der Waals surface area contributed by atoms with E-state index in [0.717, 1.165) is 16.7 Å². The van der Waals surface area contributed by atoms with Crippen molar-refractivity contribution in [2.75, 3.05) is 6.61 Å². The lowest BCUT2D eigenvalue weighted by Gasteiger charge is -2.24. The maximum Gasteiger partial charge on any atom is 0.338 e. The topological polar surface area (TPSA) is 60.7 Å². The van der Waals surface area contributed by atoms with E-state index in [1.165, 1.54) is 11.3 Å². The van der Waals surface area contributed by atoms with Gasteiger partial charge in [0, 0.05) is 0 Å². The summed E-state index contributed by atoms with van der Waals surface area (Å²) in [6.07, 6.45) is 5.61. The van der Waals surface area contributed by atoms with Crippen molar-refractivity contribution in [3.05, 3.63) is 108 Å². The van der Waals surface area contributed by atoms with E-state index in [4.69, 9.17) is 4.74 Å². The van der Waals surface area contributed by atoms with Crippen LogP contribution in [-0.2, 0) is 9.53 Å². The van der Waals surface area contributed by atoms with E-state index >= 15 is 0 Å². The molecule has 0 unspecified atom stereocenters. The van der Waals surface area contributed by atoms with Gasteiger partial charge in [-0.25, -0.2) is 9.79 Å². The summed E-state index contributed by atoms with van der Waals surface area (Å²) in [7, 11) is 0. The van der Waals surface area contributed by atoms with Gasteiger partial charge in [-0.1, -0.05) is 83.6 Å². The number of aromatic nitrogens is 1. The Labute approximate surface area is 190 Å². The highest BCUT2D eigenvalue weighted by Gasteiger charge is 2.33. The smallest absolute Gasteiger partial charge is 0.338 e. The van der Waals surface area contributed by atoms with Crippen molar-refractivity contribution in [3.8, 4) is 0 Å². The number of hydrogen-bond acceptors (Lipinski definition) is 5. The Hall–Kier alpha value is -3.51. The number of aryl methyl sites for hydroxylation is 1. The number of esters is 1. The zero-order chi connectivity index (χ0) is 22.7. The molecule has 0 spiro atoms. The Morgan fingerprint density at radius 2 is 1.84 bits per heavy atom. The molecule has 0 bridgehead atoms. The Kier molecular flexibility index (Phi) is 6.32. The zero-order valence-electron chi connectivity index (χ0n) is 18.2. The van der Waals surface area contributed by atoms with Gasteiger partial charge in [-0.3, -0.25) is 9.36 Å². The minimum absolute atomic E-state index is 0.175. The second-order valence-electron chi connectivity index (χ2n) is 7.51. The third-order valence-corrected chi connectivity index (χ3v) is 6.25. The number of allylic oxidation sites excluding steroid dienone is 2. The molecule has 3 aromatic rings. The van der Waals surface area contributed by atoms with E-state index in [0.29, 0.717) is 20.6 Å². The predicted octanol–water partition coefficient (Wildman–Crippen LogP) is 3.77. The average molecular weight is 445 g/mol. The number of ether oxygens (including phenoxy) is 1. The third kappa shape index (κ3) is 4.27. The fourth-order valence-corrected chi connectivity index (χ4v) is 4.68. The molecule has 0 amide bonds. The van der Waals surface area contributed by atoms with Crippen LogP contribution < -0.4 is 14.9 Å². The largest absolute Gasteiger partial charge is 0.463 e. The molecule has 0 fully saturated rings. The van der Waals surface area contributed by atoms with Gasteiger partial charge in [0.15, 0.2) is 4.80 Å². The fraction of sp³-hybridized carbons (Fsp3) is 0.192. The molecule has 2 aromatic carbocycles. The van der Waals surface area contributed by atoms with Gasteiger partial charge >= 0.3 is 5.97 Å². The van der Waals surface area contributed by atoms with Crippen LogP contribution in [0.2, 0.25) is 0 Å². The van der Waals surface area contributed by atoms with E-state index in [2.05, 4.69) is 4.99 Å². The Morgan fingerprint density at radius 3 is 2.53 bits per heavy atom. The SMILES string of the molecule is CCOC(=O)C1=C(C)N=c2sc(=C/C=C/c3ccccc3)c(=O)n2[C@H]1c1ccc(C)cc1. The average Bonchev–Trinajstić information content (AvgIpc) is 3.09. The van der Waals surface area contributed by atoms with E-state index in [9.17, 15) is 9.59 Å². The number of benzene rings is 2. The van der Waals surface area contributed by atoms with Gasteiger partial charge in [0.1, 0.15) is 0 Å². The predicted molar refractivity (Wildman–Crippen MR) is 128 cm³/mol. The molecule has 0 N–H and O–H groups in total. The van der Waals surface area contributed by atoms with Crippen LogP contribution in [0.15, 0.2) is 81.7 Å². The molecule has 1 atom stereocenters. The highest BCUT2D eigenvalue weighted by atomic mass is 32.1. The highest BCUT2D eigenvalue weighted by Crippen LogP contribution is 2.30. The van der Waals surface area contributed by atoms with E-state index in [1.54, 1.807) is 24.5 Å². The van der Waals surface area contributed by atoms with E-state index in [1.807, 2.05) is 73.7 Å². The number of rotatable bonds is 5. The minimum Gasteiger partial charge on any atom is -0.463 e. The quantitative estimate of drug-likeness (QED) is 0.563. The summed E-state index contributed by atoms with van der Waals surface area (Å²) in [5.74, 6) is -0.447. The van der Waals surface area contributed by atoms with E-state index in [-0.39, 0.29) is 12.2 Å². The molecule has 162 valence electrons. The lowest BCUT2D eigenvalue weighted by atomic mass is 9.95. The van der Waals surface area contributed by atoms with Crippen LogP contribution in [0.25, 0.3) is 12.2 Å². The first-order valence-electron chi connectivity index (χ1n) is 10.5. The molecular formula is C26H24N2O3S. The summed E-state index contributed by atoms with van der Waals surface area (Å²) in [5.41, 5.74) is 3.79. The van der Waals surface area contributed by atoms with Crippen LogP contribution in [-0.4, -0.2) is 17.1 Å². The monoisotopic (exact) mass is 444 g/mol. The zero-order valence-corrected chi connectivity index (χ0v) is 19.1. The standard InChI is InChI=1S/C26H24N2O3S/c1-4-31-25(30)22-18(3)27-26-28(23(22)20-15-13-17(2)14-16-20)24(29)21(32-26)12-8-11-19-9-6-5-7-10-19/h5-16,23H,4H2,1-3H3/b11-8+,21-12?/t23-/m0/s1. The van der Waals surface area contributed by atoms with Gasteiger partial charge in [0.05, 0.1) is 28.5 Å². The molecule has 5 nitrogen and oxygen atoms in total. The number of carbonyl (C=O) groups is 1. The first-order valence-corrected chi connectivity index (χ1v) is 11.3. The number of hydrogen-bond donors (Lipinski definition) is 0. The summed E-state index contributed by atoms with van der Waals surface area (Å²) < 4.78 is 7.48. The number of fused-ring (bicyclic) bond motifs is 1. The van der Waals surface area contributed by atoms with Crippen molar-refractivity contribution in [2.24, 2.45) is 4.99 Å². The summed E-state index contributed by atoms with van der Waals surface area (Å²) in [6, 6.07) is 17.2. The Bertz CT molecular complexity index is 1380. The van der Waals surface area contributed by atoms with Crippen molar-refractivity contribution in [2.45, 2.75) is 26.8 Å². The molecule has 2 heterocycles. The second kappa shape index (κ2) is 9.32. The van der Waals surface area contributed by atoms with Gasteiger partial charge in [-0.2, -0.15) is 0 Å². The summed E-state index contributed by atoms with van der Waals surface area (Å²) in [5, 5.41) is 0. The number of thiazole rings is 1. The molecule has 1 aliphatic rings. The van der Waals surface area contributed by atoms with E-state index < -0.39 is 12.0 Å². The molecule has 4 rings (SSSR count). The molecule has 1 aromatic heterocycles. The fourth-order valence-electron chi connectivity index (χ4n) is 3.68. The third-order valence-electron chi connectivity index (χ3n) is 5.25. The summed E-state index contributed by atoms with van der Waals surface area (Å²) in [6.45, 7) is 5.81. The highest BCUT2D eigenvalue weighted by molar-refractivity contribution is 7.07. The molecule has 1 aliphatic heterocycles. The molecular weight excluding hydrogens is 420 g/mol. The second-order valence-corrected chi connectivity index (χ2v) is 8.51. The lowest BCUT2D eigenvalue weighted by Crippen LogP contribution is -2.39. The van der Waals surface area contributed by atoms with Gasteiger partial charge in [0.2, 0.25) is 0 Å². The van der Waals surface area contributed by atoms with Crippen molar-refractivity contribution < 1.29 is 9.53 Å². The molecule has 32 heavy (non-hydrogen) atoms. The molecule has 0 aliphatic carbocycles. The van der Waals surface area contributed by atoms with Gasteiger partial charge in [-0.15, -0.1) is 0 Å². The maximum absolute atomic E-state index is 13.4. The van der Waals surface area contributed by atoms with Crippen LogP contribution in [0.5, 0.6) is 0 Å². The Balaban J connectivity index is 1.86. The van der Waals surface area contributed by atoms with Crippen molar-refractivity contribution >= 4 is 29.5 Å². The molecule has 0 saturated heterocycles. The first-order chi connectivity index (χ1) is 15.5. The normalized spacial score (nSPS) is 16.2. The Morgan fingerprint density at radius 1 is 1.12 bits per heavy atom. The van der Waals surface area contributed by atoms with Crippen molar-refractivity contribution in [1.82, 2.24) is 4.57 Å². The maximum atomic E-state index is 13.4. The van der Waals surface area contributed by atoms with Crippen molar-refractivity contribution in [3.63, 3.8) is 0 Å². The van der Waals surface area contributed by atoms with Gasteiger partial charge in [-0.05, 0) is 38.0 Å². The molecule has 0 saturated carbocycles. The minimum atomic E-state index is -0.578. The number of nitrogens with zero attached hydrogens (tertiary/aromatic N) is 2. The van der Waals surface area contributed by atoms with Crippen LogP contribution >= 0.6 is 11.3 Å². The van der Waals surface area contributed by atoms with Crippen molar-refractivity contribution in [1.29, 1.82) is 0 Å².